The Labute approximate surface area is 187 Å². The number of anilines is 1. The molecule has 0 spiro atoms. The minimum absolute atomic E-state index is 0.183. The third-order valence-corrected chi connectivity index (χ3v) is 6.64. The molecule has 1 N–H and O–H groups in total. The Bertz CT molecular complexity index is 1250. The Morgan fingerprint density at radius 2 is 1.97 bits per heavy atom. The number of carbonyl (C=O) groups excluding carboxylic acids is 2. The Kier molecular flexibility index (Phi) is 6.55. The van der Waals surface area contributed by atoms with Crippen molar-refractivity contribution in [3.63, 3.8) is 0 Å². The summed E-state index contributed by atoms with van der Waals surface area (Å²) in [6.07, 6.45) is 1.12. The molecule has 1 aromatic carbocycles. The molecule has 0 saturated heterocycles. The molecule has 31 heavy (non-hydrogen) atoms. The van der Waals surface area contributed by atoms with Gasteiger partial charge in [0.25, 0.3) is 5.91 Å². The van der Waals surface area contributed by atoms with Gasteiger partial charge < -0.3 is 9.15 Å². The van der Waals surface area contributed by atoms with Crippen LogP contribution in [0, 0.1) is 0 Å². The number of nitrogens with one attached hydrogen (secondary N) is 1. The molecule has 0 unspecified atom stereocenters. The van der Waals surface area contributed by atoms with E-state index < -0.39 is 11.4 Å². The molecule has 4 aromatic rings. The quantitative estimate of drug-likeness (QED) is 0.241. The molecule has 0 saturated carbocycles. The van der Waals surface area contributed by atoms with Crippen LogP contribution in [0.3, 0.4) is 0 Å². The number of rotatable bonds is 7. The van der Waals surface area contributed by atoms with Crippen LogP contribution in [0.5, 0.6) is 5.75 Å². The molecule has 4 rings (SSSR count). The maximum atomic E-state index is 12.2. The Hall–Kier alpha value is -3.28. The van der Waals surface area contributed by atoms with E-state index in [0.717, 1.165) is 6.26 Å². The molecule has 0 aliphatic heterocycles. The Morgan fingerprint density at radius 1 is 1.13 bits per heavy atom. The van der Waals surface area contributed by atoms with Crippen LogP contribution in [-0.4, -0.2) is 22.1 Å². The van der Waals surface area contributed by atoms with Gasteiger partial charge in [0.05, 0.1) is 16.2 Å². The van der Waals surface area contributed by atoms with Gasteiger partial charge in [-0.2, -0.15) is 0 Å². The predicted octanol–water partition coefficient (Wildman–Crippen LogP) is 4.32. The third-order valence-electron chi connectivity index (χ3n) is 3.77. The molecule has 11 heteroatoms. The molecule has 0 radical (unpaired) electrons. The first kappa shape index (κ1) is 21.0. The standard InChI is InChI=1S/C20H13N3O5S3/c24-14-9-13(27-10-15(14)28-18(26)12-5-2-1-3-6-12)11-30-20-23-22-19(31-20)21-17(25)16-7-4-8-29-16/h1-10H,11H2,(H,21,22,25). The van der Waals surface area contributed by atoms with Crippen molar-refractivity contribution in [2.75, 3.05) is 5.32 Å². The smallest absolute Gasteiger partial charge is 0.343 e. The van der Waals surface area contributed by atoms with Gasteiger partial charge in [-0.15, -0.1) is 21.5 Å². The molecule has 3 aromatic heterocycles. The zero-order valence-electron chi connectivity index (χ0n) is 15.6. The van der Waals surface area contributed by atoms with E-state index in [-0.39, 0.29) is 11.7 Å². The van der Waals surface area contributed by atoms with E-state index >= 15 is 0 Å². The van der Waals surface area contributed by atoms with Gasteiger partial charge in [-0.05, 0) is 23.6 Å². The molecule has 8 nitrogen and oxygen atoms in total. The average Bonchev–Trinajstić information content (AvgIpc) is 3.47. The van der Waals surface area contributed by atoms with Crippen molar-refractivity contribution < 1.29 is 18.7 Å². The van der Waals surface area contributed by atoms with Gasteiger partial charge >= 0.3 is 5.97 Å². The number of hydrogen-bond acceptors (Lipinski definition) is 10. The van der Waals surface area contributed by atoms with E-state index in [1.54, 1.807) is 42.5 Å². The van der Waals surface area contributed by atoms with Crippen molar-refractivity contribution >= 4 is 51.4 Å². The first-order chi connectivity index (χ1) is 15.1. The molecular formula is C20H13N3O5S3. The van der Waals surface area contributed by atoms with Crippen LogP contribution in [0.2, 0.25) is 0 Å². The number of amides is 1. The highest BCUT2D eigenvalue weighted by molar-refractivity contribution is 8.00. The van der Waals surface area contributed by atoms with Crippen molar-refractivity contribution in [2.24, 2.45) is 0 Å². The van der Waals surface area contributed by atoms with Gasteiger partial charge in [-0.1, -0.05) is 47.4 Å². The number of thiophene rings is 1. The largest absolute Gasteiger partial charge is 0.464 e. The van der Waals surface area contributed by atoms with E-state index in [9.17, 15) is 14.4 Å². The SMILES string of the molecule is O=C(Oc1coc(CSc2nnc(NC(=O)c3cccs3)s2)cc1=O)c1ccccc1. The van der Waals surface area contributed by atoms with E-state index in [1.807, 2.05) is 5.38 Å². The second-order valence-corrected chi connectivity index (χ2v) is 9.07. The molecular weight excluding hydrogens is 458 g/mol. The fourth-order valence-corrected chi connectivity index (χ4v) is 4.60. The Balaban J connectivity index is 1.34. The van der Waals surface area contributed by atoms with Gasteiger partial charge in [0.2, 0.25) is 16.3 Å². The van der Waals surface area contributed by atoms with Crippen molar-refractivity contribution in [3.8, 4) is 5.75 Å². The molecule has 1 amide bonds. The van der Waals surface area contributed by atoms with Crippen LogP contribution in [0.25, 0.3) is 0 Å². The first-order valence-electron chi connectivity index (χ1n) is 8.78. The highest BCUT2D eigenvalue weighted by Crippen LogP contribution is 2.28. The van der Waals surface area contributed by atoms with Crippen LogP contribution in [-0.2, 0) is 5.75 Å². The van der Waals surface area contributed by atoms with Crippen LogP contribution in [0.1, 0.15) is 25.8 Å². The molecule has 0 aliphatic rings. The van der Waals surface area contributed by atoms with E-state index in [2.05, 4.69) is 15.5 Å². The number of thioether (sulfide) groups is 1. The Morgan fingerprint density at radius 3 is 2.71 bits per heavy atom. The fourth-order valence-electron chi connectivity index (χ4n) is 2.34. The number of ether oxygens (including phenoxy) is 1. The van der Waals surface area contributed by atoms with Gasteiger partial charge in [0.15, 0.2) is 4.34 Å². The number of esters is 1. The lowest BCUT2D eigenvalue weighted by molar-refractivity contribution is 0.0728. The lowest BCUT2D eigenvalue weighted by Gasteiger charge is -2.04. The van der Waals surface area contributed by atoms with Crippen LogP contribution < -0.4 is 15.5 Å². The summed E-state index contributed by atoms with van der Waals surface area (Å²) in [5.74, 6) is -0.364. The normalized spacial score (nSPS) is 10.6. The molecule has 0 aliphatic carbocycles. The third kappa shape index (κ3) is 5.45. The van der Waals surface area contributed by atoms with Gasteiger partial charge in [-0.25, -0.2) is 4.79 Å². The van der Waals surface area contributed by atoms with E-state index in [0.29, 0.717) is 31.4 Å². The van der Waals surface area contributed by atoms with Crippen molar-refractivity contribution in [3.05, 3.63) is 86.6 Å². The second-order valence-electron chi connectivity index (χ2n) is 5.92. The van der Waals surface area contributed by atoms with Gasteiger partial charge in [-0.3, -0.25) is 14.9 Å². The first-order valence-corrected chi connectivity index (χ1v) is 11.5. The zero-order chi connectivity index (χ0) is 21.6. The minimum Gasteiger partial charge on any atom is -0.464 e. The van der Waals surface area contributed by atoms with Crippen LogP contribution in [0.15, 0.2) is 73.7 Å². The van der Waals surface area contributed by atoms with Crippen molar-refractivity contribution in [1.82, 2.24) is 10.2 Å². The number of benzene rings is 1. The maximum Gasteiger partial charge on any atom is 0.343 e. The van der Waals surface area contributed by atoms with Gasteiger partial charge in [0.1, 0.15) is 12.0 Å². The second kappa shape index (κ2) is 9.69. The minimum atomic E-state index is -0.638. The molecule has 156 valence electrons. The summed E-state index contributed by atoms with van der Waals surface area (Å²) in [5, 5.41) is 12.8. The molecule has 0 bridgehead atoms. The summed E-state index contributed by atoms with van der Waals surface area (Å²) in [6.45, 7) is 0. The van der Waals surface area contributed by atoms with E-state index in [4.69, 9.17) is 9.15 Å². The van der Waals surface area contributed by atoms with Gasteiger partial charge in [0, 0.05) is 6.07 Å². The predicted molar refractivity (Wildman–Crippen MR) is 118 cm³/mol. The monoisotopic (exact) mass is 471 g/mol. The van der Waals surface area contributed by atoms with Crippen molar-refractivity contribution in [2.45, 2.75) is 10.1 Å². The summed E-state index contributed by atoms with van der Waals surface area (Å²) in [6, 6.07) is 13.1. The number of nitrogens with zero attached hydrogens (tertiary/aromatic N) is 2. The van der Waals surface area contributed by atoms with E-state index in [1.165, 1.54) is 40.5 Å². The highest BCUT2D eigenvalue weighted by atomic mass is 32.2. The topological polar surface area (TPSA) is 111 Å². The van der Waals surface area contributed by atoms with Crippen LogP contribution in [0.4, 0.5) is 5.13 Å². The lowest BCUT2D eigenvalue weighted by Crippen LogP contribution is -2.14. The molecule has 0 atom stereocenters. The lowest BCUT2D eigenvalue weighted by atomic mass is 10.2. The molecule has 3 heterocycles. The number of carbonyl (C=O) groups is 2. The summed E-state index contributed by atoms with van der Waals surface area (Å²) in [7, 11) is 0. The summed E-state index contributed by atoms with van der Waals surface area (Å²) in [4.78, 5) is 36.9. The summed E-state index contributed by atoms with van der Waals surface area (Å²) in [5.41, 5.74) is -0.132. The highest BCUT2D eigenvalue weighted by Gasteiger charge is 2.14. The average molecular weight is 472 g/mol. The van der Waals surface area contributed by atoms with Crippen LogP contribution >= 0.6 is 34.4 Å². The zero-order valence-corrected chi connectivity index (χ0v) is 18.1. The summed E-state index contributed by atoms with van der Waals surface area (Å²) < 4.78 is 11.1. The summed E-state index contributed by atoms with van der Waals surface area (Å²) >= 11 is 3.85. The number of aromatic nitrogens is 2. The number of hydrogen-bond donors (Lipinski definition) is 1. The fraction of sp³-hybridized carbons (Fsp3) is 0.0500. The molecule has 0 fully saturated rings. The van der Waals surface area contributed by atoms with Crippen molar-refractivity contribution in [1.29, 1.82) is 0 Å². The maximum absolute atomic E-state index is 12.2.